The summed E-state index contributed by atoms with van der Waals surface area (Å²) < 4.78 is 7.10. The van der Waals surface area contributed by atoms with Gasteiger partial charge in [-0.2, -0.15) is 5.10 Å². The third-order valence-electron chi connectivity index (χ3n) is 4.30. The minimum absolute atomic E-state index is 0.0820. The molecule has 0 saturated heterocycles. The summed E-state index contributed by atoms with van der Waals surface area (Å²) in [4.78, 5) is 23.3. The van der Waals surface area contributed by atoms with E-state index in [1.807, 2.05) is 35.8 Å². The number of ether oxygens (including phenoxy) is 1. The normalized spacial score (nSPS) is 10.9. The number of aromatic carboxylic acids is 1. The molecule has 1 aromatic heterocycles. The van der Waals surface area contributed by atoms with E-state index in [-0.39, 0.29) is 17.2 Å². The Bertz CT molecular complexity index is 1100. The fourth-order valence-corrected chi connectivity index (χ4v) is 3.57. The number of carbonyl (C=O) groups excluding carboxylic acids is 1. The number of carboxylic acid groups (broad SMARTS) is 1. The van der Waals surface area contributed by atoms with Crippen LogP contribution in [0.15, 0.2) is 58.8 Å². The Kier molecular flexibility index (Phi) is 7.39. The zero-order valence-electron chi connectivity index (χ0n) is 17.0. The number of aromatic nitrogens is 3. The van der Waals surface area contributed by atoms with E-state index in [2.05, 4.69) is 20.7 Å². The SMILES string of the molecule is CCn1c(SCC(=O)N/N=C/c2ccccc2C(=O)O)nnc1-c1ccc(OC)cc1. The van der Waals surface area contributed by atoms with E-state index >= 15 is 0 Å². The fraction of sp³-hybridized carbons (Fsp3) is 0.190. The van der Waals surface area contributed by atoms with Gasteiger partial charge in [0.25, 0.3) is 5.91 Å². The molecule has 1 heterocycles. The quantitative estimate of drug-likeness (QED) is 0.299. The summed E-state index contributed by atoms with van der Waals surface area (Å²) >= 11 is 1.24. The van der Waals surface area contributed by atoms with Gasteiger partial charge in [0.1, 0.15) is 5.75 Å². The number of rotatable bonds is 9. The smallest absolute Gasteiger partial charge is 0.336 e. The monoisotopic (exact) mass is 439 g/mol. The van der Waals surface area contributed by atoms with Crippen LogP contribution in [-0.4, -0.2) is 50.8 Å². The Morgan fingerprint density at radius 1 is 1.19 bits per heavy atom. The van der Waals surface area contributed by atoms with Gasteiger partial charge in [0.2, 0.25) is 0 Å². The molecule has 0 saturated carbocycles. The van der Waals surface area contributed by atoms with Crippen LogP contribution in [0.4, 0.5) is 0 Å². The minimum atomic E-state index is -1.06. The number of nitrogens with zero attached hydrogens (tertiary/aromatic N) is 4. The van der Waals surface area contributed by atoms with Gasteiger partial charge in [-0.05, 0) is 37.3 Å². The van der Waals surface area contributed by atoms with E-state index < -0.39 is 5.97 Å². The van der Waals surface area contributed by atoms with Gasteiger partial charge in [0.05, 0.1) is 24.6 Å². The third-order valence-corrected chi connectivity index (χ3v) is 5.26. The van der Waals surface area contributed by atoms with Gasteiger partial charge in [0.15, 0.2) is 11.0 Å². The van der Waals surface area contributed by atoms with Crippen molar-refractivity contribution in [1.82, 2.24) is 20.2 Å². The van der Waals surface area contributed by atoms with Gasteiger partial charge >= 0.3 is 5.97 Å². The van der Waals surface area contributed by atoms with Crippen molar-refractivity contribution in [3.63, 3.8) is 0 Å². The third kappa shape index (κ3) is 5.48. The maximum Gasteiger partial charge on any atom is 0.336 e. The van der Waals surface area contributed by atoms with Gasteiger partial charge in [0, 0.05) is 17.7 Å². The Hall–Kier alpha value is -3.66. The highest BCUT2D eigenvalue weighted by atomic mass is 32.2. The molecule has 160 valence electrons. The highest BCUT2D eigenvalue weighted by molar-refractivity contribution is 7.99. The molecule has 0 aliphatic heterocycles. The average molecular weight is 439 g/mol. The van der Waals surface area contributed by atoms with E-state index in [9.17, 15) is 14.7 Å². The summed E-state index contributed by atoms with van der Waals surface area (Å²) in [7, 11) is 1.61. The Balaban J connectivity index is 1.61. The standard InChI is InChI=1S/C21H21N5O4S/c1-3-26-19(14-8-10-16(30-2)11-9-14)24-25-21(26)31-13-18(27)23-22-12-15-6-4-5-7-17(15)20(28)29/h4-12H,3,13H2,1-2H3,(H,23,27)(H,28,29)/b22-12+. The number of hydrogen-bond acceptors (Lipinski definition) is 7. The van der Waals surface area contributed by atoms with E-state index in [0.717, 1.165) is 11.3 Å². The lowest BCUT2D eigenvalue weighted by Crippen LogP contribution is -2.20. The maximum atomic E-state index is 12.1. The molecule has 3 rings (SSSR count). The molecule has 0 bridgehead atoms. The van der Waals surface area contributed by atoms with Crippen molar-refractivity contribution < 1.29 is 19.4 Å². The first-order chi connectivity index (χ1) is 15.0. The van der Waals surface area contributed by atoms with Crippen LogP contribution >= 0.6 is 11.8 Å². The van der Waals surface area contributed by atoms with Gasteiger partial charge in [-0.1, -0.05) is 30.0 Å². The number of carbonyl (C=O) groups is 2. The fourth-order valence-electron chi connectivity index (χ4n) is 2.77. The second kappa shape index (κ2) is 10.4. The second-order valence-electron chi connectivity index (χ2n) is 6.25. The molecule has 0 fully saturated rings. The van der Waals surface area contributed by atoms with Crippen molar-refractivity contribution in [2.75, 3.05) is 12.9 Å². The number of benzene rings is 2. The lowest BCUT2D eigenvalue weighted by atomic mass is 10.1. The molecule has 0 aliphatic rings. The number of carboxylic acids is 1. The topological polar surface area (TPSA) is 119 Å². The summed E-state index contributed by atoms with van der Waals surface area (Å²) in [6.45, 7) is 2.62. The highest BCUT2D eigenvalue weighted by Crippen LogP contribution is 2.25. The van der Waals surface area contributed by atoms with Crippen molar-refractivity contribution in [3.05, 3.63) is 59.7 Å². The number of hydrazone groups is 1. The van der Waals surface area contributed by atoms with E-state index in [1.54, 1.807) is 25.3 Å². The van der Waals surface area contributed by atoms with Crippen LogP contribution in [0.2, 0.25) is 0 Å². The maximum absolute atomic E-state index is 12.1. The molecular weight excluding hydrogens is 418 g/mol. The van der Waals surface area contributed by atoms with Crippen LogP contribution in [0.3, 0.4) is 0 Å². The van der Waals surface area contributed by atoms with Crippen LogP contribution in [0.5, 0.6) is 5.75 Å². The van der Waals surface area contributed by atoms with Gasteiger partial charge < -0.3 is 14.4 Å². The van der Waals surface area contributed by atoms with E-state index in [1.165, 1.54) is 24.0 Å². The van der Waals surface area contributed by atoms with Crippen molar-refractivity contribution >= 4 is 29.9 Å². The molecule has 10 heteroatoms. The number of amides is 1. The van der Waals surface area contributed by atoms with Crippen LogP contribution in [0, 0.1) is 0 Å². The zero-order valence-corrected chi connectivity index (χ0v) is 17.8. The lowest BCUT2D eigenvalue weighted by Gasteiger charge is -2.07. The molecule has 3 aromatic rings. The van der Waals surface area contributed by atoms with Crippen LogP contribution in [0.1, 0.15) is 22.8 Å². The minimum Gasteiger partial charge on any atom is -0.497 e. The van der Waals surface area contributed by atoms with Crippen molar-refractivity contribution in [2.45, 2.75) is 18.6 Å². The largest absolute Gasteiger partial charge is 0.497 e. The molecule has 0 atom stereocenters. The van der Waals surface area contributed by atoms with Crippen LogP contribution in [-0.2, 0) is 11.3 Å². The number of nitrogens with one attached hydrogen (secondary N) is 1. The molecule has 0 spiro atoms. The van der Waals surface area contributed by atoms with Crippen LogP contribution in [0.25, 0.3) is 11.4 Å². The van der Waals surface area contributed by atoms with Gasteiger partial charge in [-0.3, -0.25) is 4.79 Å². The summed E-state index contributed by atoms with van der Waals surface area (Å²) in [5.41, 5.74) is 3.81. The number of methoxy groups -OCH3 is 1. The molecule has 0 unspecified atom stereocenters. The molecule has 9 nitrogen and oxygen atoms in total. The first-order valence-electron chi connectivity index (χ1n) is 9.38. The summed E-state index contributed by atoms with van der Waals surface area (Å²) in [6, 6.07) is 13.9. The molecule has 2 aromatic carbocycles. The van der Waals surface area contributed by atoms with E-state index in [0.29, 0.717) is 23.1 Å². The summed E-state index contributed by atoms with van der Waals surface area (Å²) in [5, 5.41) is 22.1. The Labute approximate surface area is 183 Å². The second-order valence-corrected chi connectivity index (χ2v) is 7.20. The Morgan fingerprint density at radius 3 is 2.61 bits per heavy atom. The predicted octanol–water partition coefficient (Wildman–Crippen LogP) is 2.91. The molecule has 31 heavy (non-hydrogen) atoms. The predicted molar refractivity (Wildman–Crippen MR) is 118 cm³/mol. The molecule has 1 amide bonds. The zero-order chi connectivity index (χ0) is 22.2. The summed E-state index contributed by atoms with van der Waals surface area (Å²) in [6.07, 6.45) is 1.31. The van der Waals surface area contributed by atoms with Gasteiger partial charge in [-0.15, -0.1) is 10.2 Å². The molecular formula is C21H21N5O4S. The lowest BCUT2D eigenvalue weighted by molar-refractivity contribution is -0.118. The molecule has 0 aliphatic carbocycles. The number of thioether (sulfide) groups is 1. The van der Waals surface area contributed by atoms with Crippen LogP contribution < -0.4 is 10.2 Å². The highest BCUT2D eigenvalue weighted by Gasteiger charge is 2.14. The average Bonchev–Trinajstić information content (AvgIpc) is 3.21. The van der Waals surface area contributed by atoms with E-state index in [4.69, 9.17) is 4.74 Å². The first-order valence-corrected chi connectivity index (χ1v) is 10.4. The molecule has 2 N–H and O–H groups in total. The van der Waals surface area contributed by atoms with Gasteiger partial charge in [-0.25, -0.2) is 10.2 Å². The molecule has 0 radical (unpaired) electrons. The summed E-state index contributed by atoms with van der Waals surface area (Å²) in [5.74, 6) is 0.139. The Morgan fingerprint density at radius 2 is 1.94 bits per heavy atom. The number of hydrogen-bond donors (Lipinski definition) is 2. The van der Waals surface area contributed by atoms with Crippen molar-refractivity contribution in [1.29, 1.82) is 0 Å². The van der Waals surface area contributed by atoms with Crippen molar-refractivity contribution in [2.24, 2.45) is 5.10 Å². The first kappa shape index (κ1) is 22.0. The van der Waals surface area contributed by atoms with Crippen molar-refractivity contribution in [3.8, 4) is 17.1 Å².